The van der Waals surface area contributed by atoms with Gasteiger partial charge in [0.2, 0.25) is 5.88 Å². The van der Waals surface area contributed by atoms with Crippen LogP contribution in [0.15, 0.2) is 42.6 Å². The number of pyridine rings is 1. The second kappa shape index (κ2) is 9.67. The predicted octanol–water partition coefficient (Wildman–Crippen LogP) is 4.36. The van der Waals surface area contributed by atoms with Gasteiger partial charge in [-0.05, 0) is 43.9 Å². The molecule has 1 aromatic heterocycles. The summed E-state index contributed by atoms with van der Waals surface area (Å²) in [5, 5.41) is 0. The van der Waals surface area contributed by atoms with E-state index >= 15 is 0 Å². The summed E-state index contributed by atoms with van der Waals surface area (Å²) in [5.74, 6) is 0.590. The van der Waals surface area contributed by atoms with Gasteiger partial charge in [0, 0.05) is 23.9 Å². The lowest BCUT2D eigenvalue weighted by Gasteiger charge is -2.38. The molecule has 5 nitrogen and oxygen atoms in total. The highest BCUT2D eigenvalue weighted by atomic mass is 19.3. The van der Waals surface area contributed by atoms with Crippen molar-refractivity contribution < 1.29 is 23.0 Å². The molecule has 1 amide bonds. The summed E-state index contributed by atoms with van der Waals surface area (Å²) >= 11 is 0. The van der Waals surface area contributed by atoms with E-state index < -0.39 is 13.0 Å². The summed E-state index contributed by atoms with van der Waals surface area (Å²) in [6.07, 6.45) is 1.08. The van der Waals surface area contributed by atoms with E-state index in [1.807, 2.05) is 43.0 Å². The Balaban J connectivity index is 1.68. The van der Waals surface area contributed by atoms with Crippen molar-refractivity contribution in [1.82, 2.24) is 9.88 Å². The number of aryl methyl sites for hydroxylation is 1. The van der Waals surface area contributed by atoms with Gasteiger partial charge in [0.1, 0.15) is 18.5 Å². The number of amides is 1. The largest absolute Gasteiger partial charge is 0.487 e. The van der Waals surface area contributed by atoms with Gasteiger partial charge in [-0.3, -0.25) is 4.79 Å². The van der Waals surface area contributed by atoms with Gasteiger partial charge in [-0.15, -0.1) is 0 Å². The third-order valence-electron chi connectivity index (χ3n) is 5.10. The molecular formula is C22H26F2N2O3. The SMILES string of the molecule is CCc1ccccc1C(=O)N1C[C@H](Oc2cc(OCC(F)F)ccn2)CC[C@H]1C. The summed E-state index contributed by atoms with van der Waals surface area (Å²) in [6, 6.07) is 10.8. The van der Waals surface area contributed by atoms with Gasteiger partial charge in [0.05, 0.1) is 6.54 Å². The Labute approximate surface area is 169 Å². The minimum atomic E-state index is -2.54. The zero-order chi connectivity index (χ0) is 20.8. The zero-order valence-electron chi connectivity index (χ0n) is 16.7. The smallest absolute Gasteiger partial charge is 0.272 e. The number of carbonyl (C=O) groups is 1. The van der Waals surface area contributed by atoms with Gasteiger partial charge < -0.3 is 14.4 Å². The third-order valence-corrected chi connectivity index (χ3v) is 5.10. The quantitative estimate of drug-likeness (QED) is 0.688. The minimum Gasteiger partial charge on any atom is -0.487 e. The molecule has 0 aliphatic carbocycles. The molecule has 29 heavy (non-hydrogen) atoms. The van der Waals surface area contributed by atoms with Gasteiger partial charge in [-0.25, -0.2) is 13.8 Å². The molecule has 1 fully saturated rings. The summed E-state index contributed by atoms with van der Waals surface area (Å²) in [5.41, 5.74) is 1.75. The Hall–Kier alpha value is -2.70. The van der Waals surface area contributed by atoms with Gasteiger partial charge in [0.15, 0.2) is 0 Å². The molecule has 7 heteroatoms. The molecule has 2 aromatic rings. The van der Waals surface area contributed by atoms with Crippen LogP contribution in [0.2, 0.25) is 0 Å². The Kier molecular flexibility index (Phi) is 7.01. The standard InChI is InChI=1S/C22H26F2N2O3/c1-3-16-6-4-5-7-19(16)22(27)26-13-18(9-8-15(26)2)29-21-12-17(10-11-25-21)28-14-20(23)24/h4-7,10-12,15,18,20H,3,8-9,13-14H2,1-2H3/t15-,18-/m1/s1. The van der Waals surface area contributed by atoms with E-state index in [0.29, 0.717) is 12.4 Å². The number of hydrogen-bond acceptors (Lipinski definition) is 4. The van der Waals surface area contributed by atoms with Gasteiger partial charge in [0.25, 0.3) is 12.3 Å². The second-order valence-corrected chi connectivity index (χ2v) is 7.17. The fourth-order valence-electron chi connectivity index (χ4n) is 3.52. The average Bonchev–Trinajstić information content (AvgIpc) is 2.73. The number of carbonyl (C=O) groups excluding carboxylic acids is 1. The number of ether oxygens (including phenoxy) is 2. The van der Waals surface area contributed by atoms with Crippen LogP contribution in [-0.2, 0) is 6.42 Å². The number of halogens is 2. The Morgan fingerprint density at radius 1 is 1.28 bits per heavy atom. The first-order chi connectivity index (χ1) is 14.0. The minimum absolute atomic E-state index is 0.00484. The van der Waals surface area contributed by atoms with E-state index in [1.54, 1.807) is 0 Å². The van der Waals surface area contributed by atoms with Crippen LogP contribution in [0, 0.1) is 0 Å². The Bertz CT molecular complexity index is 831. The van der Waals surface area contributed by atoms with Gasteiger partial charge in [-0.1, -0.05) is 25.1 Å². The Morgan fingerprint density at radius 3 is 2.83 bits per heavy atom. The van der Waals surface area contributed by atoms with Crippen molar-refractivity contribution in [3.05, 3.63) is 53.7 Å². The lowest BCUT2D eigenvalue weighted by Crippen LogP contribution is -2.49. The van der Waals surface area contributed by atoms with Crippen molar-refractivity contribution in [3.8, 4) is 11.6 Å². The van der Waals surface area contributed by atoms with E-state index in [9.17, 15) is 13.6 Å². The van der Waals surface area contributed by atoms with Crippen molar-refractivity contribution in [1.29, 1.82) is 0 Å². The fraction of sp³-hybridized carbons (Fsp3) is 0.455. The molecule has 0 N–H and O–H groups in total. The van der Waals surface area contributed by atoms with E-state index in [2.05, 4.69) is 4.98 Å². The van der Waals surface area contributed by atoms with Crippen LogP contribution in [0.25, 0.3) is 0 Å². The summed E-state index contributed by atoms with van der Waals surface area (Å²) in [6.45, 7) is 3.84. The molecule has 156 valence electrons. The molecule has 1 aromatic carbocycles. The summed E-state index contributed by atoms with van der Waals surface area (Å²) in [4.78, 5) is 19.1. The van der Waals surface area contributed by atoms with Crippen LogP contribution in [0.1, 0.15) is 42.6 Å². The second-order valence-electron chi connectivity index (χ2n) is 7.17. The van der Waals surface area contributed by atoms with Gasteiger partial charge in [-0.2, -0.15) is 0 Å². The first kappa shape index (κ1) is 21.0. The molecule has 2 atom stereocenters. The maximum atomic E-state index is 13.2. The molecule has 1 saturated heterocycles. The van der Waals surface area contributed by atoms with Crippen LogP contribution in [0.5, 0.6) is 11.6 Å². The topological polar surface area (TPSA) is 51.7 Å². The summed E-state index contributed by atoms with van der Waals surface area (Å²) in [7, 11) is 0. The molecule has 0 radical (unpaired) electrons. The highest BCUT2D eigenvalue weighted by Crippen LogP contribution is 2.25. The van der Waals surface area contributed by atoms with Crippen molar-refractivity contribution in [2.75, 3.05) is 13.2 Å². The van der Waals surface area contributed by atoms with Crippen molar-refractivity contribution in [3.63, 3.8) is 0 Å². The first-order valence-corrected chi connectivity index (χ1v) is 9.90. The van der Waals surface area contributed by atoms with E-state index in [0.717, 1.165) is 30.4 Å². The van der Waals surface area contributed by atoms with Crippen LogP contribution in [-0.4, -0.2) is 47.5 Å². The molecule has 0 unspecified atom stereocenters. The lowest BCUT2D eigenvalue weighted by molar-refractivity contribution is 0.0370. The number of aromatic nitrogens is 1. The number of piperidine rings is 1. The molecule has 2 heterocycles. The third kappa shape index (κ3) is 5.43. The molecule has 0 saturated carbocycles. The maximum Gasteiger partial charge on any atom is 0.272 e. The predicted molar refractivity (Wildman–Crippen MR) is 106 cm³/mol. The molecule has 3 rings (SSSR count). The fourth-order valence-corrected chi connectivity index (χ4v) is 3.52. The van der Waals surface area contributed by atoms with Crippen molar-refractivity contribution >= 4 is 5.91 Å². The number of hydrogen-bond donors (Lipinski definition) is 0. The normalized spacial score (nSPS) is 19.3. The zero-order valence-corrected chi connectivity index (χ0v) is 16.7. The number of nitrogens with zero attached hydrogens (tertiary/aromatic N) is 2. The Morgan fingerprint density at radius 2 is 2.07 bits per heavy atom. The van der Waals surface area contributed by atoms with Crippen molar-refractivity contribution in [2.24, 2.45) is 0 Å². The molecule has 0 bridgehead atoms. The molecular weight excluding hydrogens is 378 g/mol. The number of rotatable bonds is 7. The lowest BCUT2D eigenvalue weighted by atomic mass is 9.98. The first-order valence-electron chi connectivity index (χ1n) is 9.90. The molecule has 1 aliphatic heterocycles. The summed E-state index contributed by atoms with van der Waals surface area (Å²) < 4.78 is 35.6. The van der Waals surface area contributed by atoms with Crippen LogP contribution in [0.3, 0.4) is 0 Å². The number of likely N-dealkylation sites (tertiary alicyclic amines) is 1. The molecule has 1 aliphatic rings. The highest BCUT2D eigenvalue weighted by Gasteiger charge is 2.31. The number of benzene rings is 1. The maximum absolute atomic E-state index is 13.2. The number of alkyl halides is 2. The van der Waals surface area contributed by atoms with Crippen LogP contribution in [0.4, 0.5) is 8.78 Å². The van der Waals surface area contributed by atoms with Crippen LogP contribution >= 0.6 is 0 Å². The average molecular weight is 404 g/mol. The molecule has 0 spiro atoms. The van der Waals surface area contributed by atoms with Gasteiger partial charge >= 0.3 is 0 Å². The van der Waals surface area contributed by atoms with Crippen LogP contribution < -0.4 is 9.47 Å². The highest BCUT2D eigenvalue weighted by molar-refractivity contribution is 5.96. The van der Waals surface area contributed by atoms with Crippen molar-refractivity contribution in [2.45, 2.75) is 51.7 Å². The van der Waals surface area contributed by atoms with E-state index in [-0.39, 0.29) is 23.8 Å². The van der Waals surface area contributed by atoms with E-state index in [4.69, 9.17) is 9.47 Å². The van der Waals surface area contributed by atoms with E-state index in [1.165, 1.54) is 18.3 Å². The monoisotopic (exact) mass is 404 g/mol.